The van der Waals surface area contributed by atoms with Gasteiger partial charge in [-0.3, -0.25) is 4.98 Å². The second kappa shape index (κ2) is 8.31. The summed E-state index contributed by atoms with van der Waals surface area (Å²) in [5.41, 5.74) is 2.13. The first-order valence-electron chi connectivity index (χ1n) is 9.35. The summed E-state index contributed by atoms with van der Waals surface area (Å²) in [4.78, 5) is 6.05. The van der Waals surface area contributed by atoms with Gasteiger partial charge in [0, 0.05) is 25.0 Å². The highest BCUT2D eigenvalue weighted by Gasteiger charge is 2.47. The van der Waals surface area contributed by atoms with Gasteiger partial charge in [0.15, 0.2) is 19.7 Å². The summed E-state index contributed by atoms with van der Waals surface area (Å²) in [7, 11) is -5.35. The molecule has 1 aliphatic rings. The maximum Gasteiger partial charge on any atom is 0.183 e. The molecule has 2 heterocycles. The molecule has 8 heteroatoms. The average Bonchev–Trinajstić information content (AvgIpc) is 3.03. The number of pyridine rings is 1. The first-order chi connectivity index (χ1) is 13.2. The minimum absolute atomic E-state index is 0.128. The predicted molar refractivity (Wildman–Crippen MR) is 110 cm³/mol. The van der Waals surface area contributed by atoms with Crippen molar-refractivity contribution in [2.45, 2.75) is 36.0 Å². The second-order valence-corrected chi connectivity index (χ2v) is 11.6. The molecule has 0 bridgehead atoms. The molecule has 0 saturated carbocycles. The highest BCUT2D eigenvalue weighted by molar-refractivity contribution is 7.96. The van der Waals surface area contributed by atoms with Gasteiger partial charge in [0.2, 0.25) is 0 Å². The maximum absolute atomic E-state index is 13.2. The first-order valence-corrected chi connectivity index (χ1v) is 12.7. The van der Waals surface area contributed by atoms with Gasteiger partial charge in [-0.15, -0.1) is 0 Å². The monoisotopic (exact) mass is 422 g/mol. The summed E-state index contributed by atoms with van der Waals surface area (Å²) in [6, 6.07) is 10.0. The molecule has 0 radical (unpaired) electrons. The number of aromatic nitrogens is 1. The second-order valence-electron chi connectivity index (χ2n) is 7.31. The highest BCUT2D eigenvalue weighted by atomic mass is 32.2. The molecule has 1 fully saturated rings. The largest absolute Gasteiger partial charge is 0.301 e. The zero-order valence-corrected chi connectivity index (χ0v) is 17.8. The summed E-state index contributed by atoms with van der Waals surface area (Å²) < 4.78 is 51.0. The quantitative estimate of drug-likeness (QED) is 0.676. The van der Waals surface area contributed by atoms with Gasteiger partial charge in [-0.1, -0.05) is 19.1 Å². The number of hydrogen-bond acceptors (Lipinski definition) is 6. The van der Waals surface area contributed by atoms with Crippen LogP contribution in [0.15, 0.2) is 53.7 Å². The average molecular weight is 423 g/mol. The van der Waals surface area contributed by atoms with Gasteiger partial charge in [-0.05, 0) is 55.3 Å². The van der Waals surface area contributed by atoms with Crippen LogP contribution in [0.5, 0.6) is 0 Å². The van der Waals surface area contributed by atoms with E-state index in [9.17, 15) is 16.8 Å². The van der Waals surface area contributed by atoms with Crippen molar-refractivity contribution < 1.29 is 16.8 Å². The minimum atomic E-state index is -3.74. The fourth-order valence-electron chi connectivity index (χ4n) is 3.61. The van der Waals surface area contributed by atoms with Crippen LogP contribution in [0.1, 0.15) is 18.1 Å². The fraction of sp³-hybridized carbons (Fsp3) is 0.450. The van der Waals surface area contributed by atoms with E-state index in [-0.39, 0.29) is 16.4 Å². The van der Waals surface area contributed by atoms with E-state index in [1.807, 2.05) is 24.0 Å². The van der Waals surface area contributed by atoms with E-state index < -0.39 is 31.0 Å². The van der Waals surface area contributed by atoms with Gasteiger partial charge in [0.25, 0.3) is 0 Å². The van der Waals surface area contributed by atoms with Crippen molar-refractivity contribution in [3.05, 3.63) is 59.9 Å². The molecule has 0 N–H and O–H groups in total. The molecule has 2 atom stereocenters. The number of likely N-dealkylation sites (N-methyl/N-ethyl adjacent to an activating group) is 1. The third-order valence-corrected chi connectivity index (χ3v) is 9.53. The molecule has 152 valence electrons. The van der Waals surface area contributed by atoms with Crippen molar-refractivity contribution in [2.24, 2.45) is 0 Å². The van der Waals surface area contributed by atoms with E-state index >= 15 is 0 Å². The molecule has 1 aromatic carbocycles. The highest BCUT2D eigenvalue weighted by Crippen LogP contribution is 2.29. The molecule has 0 spiro atoms. The molecule has 1 aromatic heterocycles. The van der Waals surface area contributed by atoms with Gasteiger partial charge < -0.3 is 4.90 Å². The van der Waals surface area contributed by atoms with Crippen LogP contribution in [0.3, 0.4) is 0 Å². The number of hydrogen-bond donors (Lipinski definition) is 0. The van der Waals surface area contributed by atoms with E-state index in [1.54, 1.807) is 43.7 Å². The Kier molecular flexibility index (Phi) is 6.21. The van der Waals surface area contributed by atoms with Gasteiger partial charge in [-0.2, -0.15) is 0 Å². The van der Waals surface area contributed by atoms with E-state index in [0.717, 1.165) is 17.5 Å². The molecular formula is C20H26N2O4S2. The molecule has 1 aliphatic heterocycles. The van der Waals surface area contributed by atoms with Gasteiger partial charge in [0.1, 0.15) is 0 Å². The number of rotatable bonds is 7. The van der Waals surface area contributed by atoms with E-state index in [0.29, 0.717) is 13.0 Å². The Morgan fingerprint density at radius 3 is 2.29 bits per heavy atom. The lowest BCUT2D eigenvalue weighted by Gasteiger charge is -2.28. The molecule has 0 aliphatic carbocycles. The lowest BCUT2D eigenvalue weighted by atomic mass is 10.1. The van der Waals surface area contributed by atoms with Gasteiger partial charge in [0.05, 0.1) is 21.7 Å². The number of sulfone groups is 2. The third-order valence-electron chi connectivity index (χ3n) is 5.40. The molecule has 1 saturated heterocycles. The maximum atomic E-state index is 13.2. The number of nitrogens with zero attached hydrogens (tertiary/aromatic N) is 2. The van der Waals surface area contributed by atoms with Crippen LogP contribution in [0.2, 0.25) is 0 Å². The zero-order chi connectivity index (χ0) is 20.4. The van der Waals surface area contributed by atoms with Crippen molar-refractivity contribution in [1.29, 1.82) is 0 Å². The summed E-state index contributed by atoms with van der Waals surface area (Å²) >= 11 is 0. The number of aryl methyl sites for hydroxylation is 1. The zero-order valence-electron chi connectivity index (χ0n) is 16.2. The van der Waals surface area contributed by atoms with Crippen LogP contribution in [0.25, 0.3) is 0 Å². The molecule has 2 aromatic rings. The minimum Gasteiger partial charge on any atom is -0.301 e. The third kappa shape index (κ3) is 4.61. The first kappa shape index (κ1) is 21.0. The molecule has 0 unspecified atom stereocenters. The topological polar surface area (TPSA) is 84.4 Å². The van der Waals surface area contributed by atoms with Crippen molar-refractivity contribution in [3.8, 4) is 0 Å². The lowest BCUT2D eigenvalue weighted by molar-refractivity contribution is 0.266. The van der Waals surface area contributed by atoms with E-state index in [4.69, 9.17) is 0 Å². The molecule has 3 rings (SSSR count). The Labute approximate surface area is 167 Å². The van der Waals surface area contributed by atoms with Crippen LogP contribution < -0.4 is 0 Å². The molecule has 0 amide bonds. The summed E-state index contributed by atoms with van der Waals surface area (Å²) in [6.07, 6.45) is 4.94. The standard InChI is InChI=1S/C20H26N2O4S2/c1-3-16-4-6-18(7-5-16)28(25,26)20-15-27(23,24)14-19(20)22(2)13-10-17-8-11-21-12-9-17/h4-9,11-12,19-20H,3,10,13-15H2,1-2H3/t19-,20-/m0/s1. The Morgan fingerprint density at radius 2 is 1.68 bits per heavy atom. The van der Waals surface area contributed by atoms with Crippen LogP contribution in [-0.4, -0.2) is 63.1 Å². The van der Waals surface area contributed by atoms with Crippen molar-refractivity contribution in [2.75, 3.05) is 25.1 Å². The van der Waals surface area contributed by atoms with Crippen molar-refractivity contribution in [3.63, 3.8) is 0 Å². The van der Waals surface area contributed by atoms with Crippen LogP contribution in [0.4, 0.5) is 0 Å². The summed E-state index contributed by atoms with van der Waals surface area (Å²) in [5.74, 6) is -0.452. The van der Waals surface area contributed by atoms with Crippen LogP contribution in [0, 0.1) is 0 Å². The summed E-state index contributed by atoms with van der Waals surface area (Å²) in [5, 5.41) is -0.951. The SMILES string of the molecule is CCc1ccc(S(=O)(=O)[C@H]2CS(=O)(=O)C[C@@H]2N(C)CCc2ccncc2)cc1. The Balaban J connectivity index is 1.82. The Bertz CT molecular complexity index is 1000. The van der Waals surface area contributed by atoms with Crippen molar-refractivity contribution >= 4 is 19.7 Å². The van der Waals surface area contributed by atoms with Crippen molar-refractivity contribution in [1.82, 2.24) is 9.88 Å². The number of benzene rings is 1. The Hall–Kier alpha value is -1.77. The van der Waals surface area contributed by atoms with Crippen LogP contribution in [-0.2, 0) is 32.5 Å². The van der Waals surface area contributed by atoms with E-state index in [1.165, 1.54) is 0 Å². The lowest BCUT2D eigenvalue weighted by Crippen LogP contribution is -2.45. The Morgan fingerprint density at radius 1 is 1.04 bits per heavy atom. The fourth-order valence-corrected chi connectivity index (χ4v) is 8.52. The van der Waals surface area contributed by atoms with Gasteiger partial charge in [-0.25, -0.2) is 16.8 Å². The molecule has 28 heavy (non-hydrogen) atoms. The van der Waals surface area contributed by atoms with E-state index in [2.05, 4.69) is 4.98 Å². The van der Waals surface area contributed by atoms with Crippen LogP contribution >= 0.6 is 0 Å². The smallest absolute Gasteiger partial charge is 0.183 e. The summed E-state index contributed by atoms with van der Waals surface area (Å²) in [6.45, 7) is 2.58. The normalized spacial score (nSPS) is 21.8. The molecule has 6 nitrogen and oxygen atoms in total. The molecular weight excluding hydrogens is 396 g/mol. The predicted octanol–water partition coefficient (Wildman–Crippen LogP) is 1.76. The van der Waals surface area contributed by atoms with Gasteiger partial charge >= 0.3 is 0 Å².